The number of benzene rings is 1. The molecule has 0 aromatic heterocycles. The highest BCUT2D eigenvalue weighted by atomic mass is 16.3. The van der Waals surface area contributed by atoms with E-state index >= 15 is 0 Å². The van der Waals surface area contributed by atoms with Crippen molar-refractivity contribution in [3.8, 4) is 0 Å². The number of rotatable bonds is 3. The first-order valence-corrected chi connectivity index (χ1v) is 6.16. The van der Waals surface area contributed by atoms with Gasteiger partial charge in [0.05, 0.1) is 12.2 Å². The highest BCUT2D eigenvalue weighted by Crippen LogP contribution is 2.36. The minimum absolute atomic E-state index is 0.213. The summed E-state index contributed by atoms with van der Waals surface area (Å²) in [5.41, 5.74) is 2.32. The van der Waals surface area contributed by atoms with Crippen molar-refractivity contribution in [2.24, 2.45) is 5.92 Å². The van der Waals surface area contributed by atoms with Crippen molar-refractivity contribution in [2.45, 2.75) is 44.8 Å². The van der Waals surface area contributed by atoms with Gasteiger partial charge in [-0.25, -0.2) is 0 Å². The topological polar surface area (TPSA) is 40.5 Å². The van der Waals surface area contributed by atoms with Crippen LogP contribution < -0.4 is 0 Å². The maximum Gasteiger partial charge on any atom is 0.0821 e. The predicted octanol–water partition coefficient (Wildman–Crippen LogP) is 2.44. The molecule has 0 saturated carbocycles. The first-order valence-electron chi connectivity index (χ1n) is 6.16. The van der Waals surface area contributed by atoms with Crippen molar-refractivity contribution in [3.05, 3.63) is 35.4 Å². The molecule has 3 atom stereocenters. The van der Waals surface area contributed by atoms with E-state index in [2.05, 4.69) is 6.07 Å². The molecular formula is C14H20O2. The molecule has 0 radical (unpaired) electrons. The van der Waals surface area contributed by atoms with Crippen LogP contribution in [-0.4, -0.2) is 16.3 Å². The molecule has 1 aliphatic rings. The van der Waals surface area contributed by atoms with Gasteiger partial charge in [0.15, 0.2) is 0 Å². The van der Waals surface area contributed by atoms with Crippen LogP contribution in [0.25, 0.3) is 0 Å². The van der Waals surface area contributed by atoms with E-state index in [4.69, 9.17) is 0 Å². The van der Waals surface area contributed by atoms with E-state index in [-0.39, 0.29) is 12.0 Å². The molecule has 2 rings (SSSR count). The molecule has 0 heterocycles. The zero-order valence-corrected chi connectivity index (χ0v) is 9.76. The number of hydrogen-bond donors (Lipinski definition) is 2. The minimum Gasteiger partial charge on any atom is -0.393 e. The monoisotopic (exact) mass is 220 g/mol. The summed E-state index contributed by atoms with van der Waals surface area (Å²) in [6, 6.07) is 8.09. The summed E-state index contributed by atoms with van der Waals surface area (Å²) < 4.78 is 0. The molecule has 16 heavy (non-hydrogen) atoms. The van der Waals surface area contributed by atoms with Crippen LogP contribution in [0.5, 0.6) is 0 Å². The maximum absolute atomic E-state index is 10.3. The molecule has 0 amide bonds. The molecule has 0 fully saturated rings. The molecule has 0 saturated heterocycles. The standard InChI is InChI=1S/C14H20O2/c1-2-12(15)9-11-8-7-10-5-3-4-6-13(10)14(11)16/h3-6,11-12,14-16H,2,7-9H2,1H3. The lowest BCUT2D eigenvalue weighted by atomic mass is 9.79. The molecular weight excluding hydrogens is 200 g/mol. The SMILES string of the molecule is CCC(O)CC1CCc2ccccc2C1O. The number of aliphatic hydroxyl groups excluding tert-OH is 2. The van der Waals surface area contributed by atoms with Gasteiger partial charge in [-0.1, -0.05) is 31.2 Å². The van der Waals surface area contributed by atoms with Gasteiger partial charge in [-0.05, 0) is 42.7 Å². The molecule has 1 aromatic carbocycles. The van der Waals surface area contributed by atoms with E-state index in [1.165, 1.54) is 5.56 Å². The second-order valence-corrected chi connectivity index (χ2v) is 4.74. The molecule has 88 valence electrons. The lowest BCUT2D eigenvalue weighted by Gasteiger charge is -2.31. The Kier molecular flexibility index (Phi) is 3.62. The highest BCUT2D eigenvalue weighted by molar-refractivity contribution is 5.31. The highest BCUT2D eigenvalue weighted by Gasteiger charge is 2.28. The Morgan fingerprint density at radius 1 is 1.38 bits per heavy atom. The Morgan fingerprint density at radius 2 is 2.12 bits per heavy atom. The quantitative estimate of drug-likeness (QED) is 0.821. The molecule has 0 aliphatic heterocycles. The second-order valence-electron chi connectivity index (χ2n) is 4.74. The van der Waals surface area contributed by atoms with Gasteiger partial charge in [-0.15, -0.1) is 0 Å². The average Bonchev–Trinajstić information content (AvgIpc) is 2.33. The Morgan fingerprint density at radius 3 is 2.88 bits per heavy atom. The van der Waals surface area contributed by atoms with Crippen LogP contribution in [0.1, 0.15) is 43.4 Å². The maximum atomic E-state index is 10.3. The van der Waals surface area contributed by atoms with Crippen molar-refractivity contribution in [3.63, 3.8) is 0 Å². The van der Waals surface area contributed by atoms with Gasteiger partial charge < -0.3 is 10.2 Å². The first-order chi connectivity index (χ1) is 7.72. The molecule has 0 spiro atoms. The zero-order valence-electron chi connectivity index (χ0n) is 9.76. The Labute approximate surface area is 96.9 Å². The summed E-state index contributed by atoms with van der Waals surface area (Å²) in [7, 11) is 0. The number of aryl methyl sites for hydroxylation is 1. The fourth-order valence-corrected chi connectivity index (χ4v) is 2.57. The summed E-state index contributed by atoms with van der Waals surface area (Å²) >= 11 is 0. The van der Waals surface area contributed by atoms with Crippen molar-refractivity contribution >= 4 is 0 Å². The Hall–Kier alpha value is -0.860. The van der Waals surface area contributed by atoms with Crippen LogP contribution in [0.3, 0.4) is 0 Å². The van der Waals surface area contributed by atoms with E-state index in [9.17, 15) is 10.2 Å². The van der Waals surface area contributed by atoms with Crippen LogP contribution in [0.2, 0.25) is 0 Å². The van der Waals surface area contributed by atoms with Crippen LogP contribution in [-0.2, 0) is 6.42 Å². The van der Waals surface area contributed by atoms with Gasteiger partial charge in [-0.3, -0.25) is 0 Å². The summed E-state index contributed by atoms with van der Waals surface area (Å²) in [5, 5.41) is 19.9. The van der Waals surface area contributed by atoms with E-state index in [0.29, 0.717) is 6.42 Å². The molecule has 3 unspecified atom stereocenters. The molecule has 2 heteroatoms. The molecule has 1 aliphatic carbocycles. The third-order valence-corrected chi connectivity index (χ3v) is 3.65. The fourth-order valence-electron chi connectivity index (χ4n) is 2.57. The average molecular weight is 220 g/mol. The fraction of sp³-hybridized carbons (Fsp3) is 0.571. The Balaban J connectivity index is 2.12. The van der Waals surface area contributed by atoms with Crippen LogP contribution in [0.15, 0.2) is 24.3 Å². The van der Waals surface area contributed by atoms with Gasteiger partial charge in [0, 0.05) is 0 Å². The second kappa shape index (κ2) is 4.98. The number of fused-ring (bicyclic) bond motifs is 1. The van der Waals surface area contributed by atoms with Gasteiger partial charge in [0.2, 0.25) is 0 Å². The van der Waals surface area contributed by atoms with Crippen LogP contribution >= 0.6 is 0 Å². The molecule has 2 nitrogen and oxygen atoms in total. The van der Waals surface area contributed by atoms with Crippen molar-refractivity contribution in [1.29, 1.82) is 0 Å². The summed E-state index contributed by atoms with van der Waals surface area (Å²) in [5.74, 6) is 0.213. The van der Waals surface area contributed by atoms with Crippen LogP contribution in [0, 0.1) is 5.92 Å². The number of hydrogen-bond acceptors (Lipinski definition) is 2. The van der Waals surface area contributed by atoms with E-state index in [1.54, 1.807) is 0 Å². The summed E-state index contributed by atoms with van der Waals surface area (Å²) in [4.78, 5) is 0. The van der Waals surface area contributed by atoms with Crippen molar-refractivity contribution < 1.29 is 10.2 Å². The number of aliphatic hydroxyl groups is 2. The summed E-state index contributed by atoms with van der Waals surface area (Å²) in [6.07, 6.45) is 2.82. The van der Waals surface area contributed by atoms with E-state index in [1.807, 2.05) is 25.1 Å². The largest absolute Gasteiger partial charge is 0.393 e. The van der Waals surface area contributed by atoms with Gasteiger partial charge in [-0.2, -0.15) is 0 Å². The van der Waals surface area contributed by atoms with Gasteiger partial charge >= 0.3 is 0 Å². The Bertz CT molecular complexity index is 348. The lowest BCUT2D eigenvalue weighted by molar-refractivity contribution is 0.0487. The normalized spacial score (nSPS) is 26.2. The summed E-state index contributed by atoms with van der Waals surface area (Å²) in [6.45, 7) is 1.98. The van der Waals surface area contributed by atoms with Crippen LogP contribution in [0.4, 0.5) is 0 Å². The van der Waals surface area contributed by atoms with E-state index in [0.717, 1.165) is 24.8 Å². The first kappa shape index (κ1) is 11.6. The lowest BCUT2D eigenvalue weighted by Crippen LogP contribution is -2.24. The minimum atomic E-state index is -0.397. The predicted molar refractivity (Wildman–Crippen MR) is 64.1 cm³/mol. The van der Waals surface area contributed by atoms with Crippen molar-refractivity contribution in [1.82, 2.24) is 0 Å². The molecule has 1 aromatic rings. The third-order valence-electron chi connectivity index (χ3n) is 3.65. The molecule has 0 bridgehead atoms. The van der Waals surface area contributed by atoms with Crippen molar-refractivity contribution in [2.75, 3.05) is 0 Å². The van der Waals surface area contributed by atoms with Gasteiger partial charge in [0.25, 0.3) is 0 Å². The van der Waals surface area contributed by atoms with E-state index < -0.39 is 6.10 Å². The molecule has 2 N–H and O–H groups in total. The third kappa shape index (κ3) is 2.28. The van der Waals surface area contributed by atoms with Gasteiger partial charge in [0.1, 0.15) is 0 Å². The smallest absolute Gasteiger partial charge is 0.0821 e. The zero-order chi connectivity index (χ0) is 11.5.